The van der Waals surface area contributed by atoms with Crippen molar-refractivity contribution in [3.63, 3.8) is 0 Å². The van der Waals surface area contributed by atoms with E-state index in [1.165, 1.54) is 96.3 Å². The molecule has 0 spiro atoms. The molecular weight excluding hydrogens is 988 g/mol. The number of allylic oxidation sites excluding steroid dienone is 19. The summed E-state index contributed by atoms with van der Waals surface area (Å²) in [5.41, 5.74) is 0. The molecule has 3 unspecified atom stereocenters. The topological polar surface area (TPSA) is 111 Å². The molecule has 0 bridgehead atoms. The summed E-state index contributed by atoms with van der Waals surface area (Å²) in [5.74, 6) is -0.591. The van der Waals surface area contributed by atoms with Crippen molar-refractivity contribution in [3.05, 3.63) is 122 Å². The summed E-state index contributed by atoms with van der Waals surface area (Å²) in [6.45, 7) is 6.80. The molecule has 78 heavy (non-hydrogen) atoms. The molecule has 1 amide bonds. The van der Waals surface area contributed by atoms with Crippen LogP contribution < -0.4 is 5.32 Å². The molecule has 0 aromatic rings. The molecule has 9 nitrogen and oxygen atoms in total. The maximum Gasteiger partial charge on any atom is 0.472 e. The number of carbonyl (C=O) groups excluding carboxylic acids is 2. The van der Waals surface area contributed by atoms with Crippen LogP contribution in [0.1, 0.15) is 245 Å². The molecule has 0 aromatic carbocycles. The molecule has 3 atom stereocenters. The first kappa shape index (κ1) is 74.4. The average Bonchev–Trinajstić information content (AvgIpc) is 3.40. The number of unbranched alkanes of at least 4 members (excludes halogenated alkanes) is 21. The number of phosphoric acid groups is 1. The third-order valence-electron chi connectivity index (χ3n) is 13.1. The maximum absolute atomic E-state index is 13.5. The first-order valence-corrected chi connectivity index (χ1v) is 32.9. The summed E-state index contributed by atoms with van der Waals surface area (Å²) in [5, 5.41) is 3.02. The Bertz CT molecular complexity index is 1750. The van der Waals surface area contributed by atoms with E-state index in [9.17, 15) is 19.0 Å². The SMILES string of the molecule is CC/C=C\C/C=C\C/C=C\C/C=C\C/C=C\CCCCCCCCCC(=O)OC(/C=C\CCCCCCCCCCCC)C(COP(=O)(O)OCC[N+](C)(C)C)NC(=O)CCC/C=C\C/C=C\C/C=C\C/C=C\CCCCC. The highest BCUT2D eigenvalue weighted by molar-refractivity contribution is 7.47. The Morgan fingerprint density at radius 3 is 1.28 bits per heavy atom. The van der Waals surface area contributed by atoms with E-state index < -0.39 is 20.0 Å². The molecule has 0 aliphatic carbocycles. The number of phosphoric ester groups is 1. The Balaban J connectivity index is 5.33. The van der Waals surface area contributed by atoms with Gasteiger partial charge in [-0.15, -0.1) is 0 Å². The van der Waals surface area contributed by atoms with Crippen LogP contribution in [-0.2, 0) is 27.9 Å². The molecular formula is C68H118N2O7P+. The van der Waals surface area contributed by atoms with Gasteiger partial charge in [-0.1, -0.05) is 239 Å². The Kier molecular flexibility index (Phi) is 54.1. The summed E-state index contributed by atoms with van der Waals surface area (Å²) in [7, 11) is 1.44. The smallest absolute Gasteiger partial charge is 0.456 e. The quantitative estimate of drug-likeness (QED) is 0.0205. The molecule has 446 valence electrons. The van der Waals surface area contributed by atoms with Gasteiger partial charge in [0.05, 0.1) is 33.8 Å². The molecule has 0 fully saturated rings. The lowest BCUT2D eigenvalue weighted by Gasteiger charge is -2.27. The molecule has 0 rings (SSSR count). The van der Waals surface area contributed by atoms with E-state index in [2.05, 4.69) is 135 Å². The zero-order chi connectivity index (χ0) is 57.2. The Labute approximate surface area is 480 Å². The van der Waals surface area contributed by atoms with Crippen molar-refractivity contribution in [3.8, 4) is 0 Å². The Morgan fingerprint density at radius 1 is 0.462 bits per heavy atom. The van der Waals surface area contributed by atoms with Crippen LogP contribution >= 0.6 is 7.82 Å². The van der Waals surface area contributed by atoms with E-state index in [1.807, 2.05) is 33.3 Å². The standard InChI is InChI=1S/C68H117N2O7P/c1-7-10-13-16-19-22-25-28-30-32-33-34-35-36-37-39-41-43-46-49-52-55-58-61-68(72)77-66(59-56-53-50-47-44-27-24-21-18-15-12-9-3)65(64-76-78(73,74)75-63-62-70(4,5)6)69-67(71)60-57-54-51-48-45-42-40-38-31-29-26-23-20-17-14-11-8-2/h10,13,19-20,22-23,28-31,33-34,36-37,40,42,48,51,56,59,65-66H,7-9,11-12,14-18,21,24-27,32,35,38-39,41,43-47,49-50,52-55,57-58,60-64H2,1-6H3,(H-,69,71,73,74)/p+1/b13-10-,22-19-,23-20-,30-28-,31-29-,34-33-,37-36-,42-40-,51-48-,59-56-. The number of esters is 1. The normalized spacial score (nSPS) is 14.5. The van der Waals surface area contributed by atoms with Crippen LogP contribution in [0.15, 0.2) is 122 Å². The van der Waals surface area contributed by atoms with E-state index >= 15 is 0 Å². The largest absolute Gasteiger partial charge is 0.472 e. The summed E-state index contributed by atoms with van der Waals surface area (Å²) in [4.78, 5) is 37.7. The minimum absolute atomic E-state index is 0.0219. The number of nitrogens with one attached hydrogen (secondary N) is 1. The van der Waals surface area contributed by atoms with Crippen LogP contribution in [0.2, 0.25) is 0 Å². The number of amides is 1. The number of rotatable bonds is 55. The summed E-state index contributed by atoms with van der Waals surface area (Å²) in [6.07, 6.45) is 79.2. The fourth-order valence-electron chi connectivity index (χ4n) is 8.31. The van der Waals surface area contributed by atoms with Crippen molar-refractivity contribution in [1.29, 1.82) is 0 Å². The maximum atomic E-state index is 13.5. The summed E-state index contributed by atoms with van der Waals surface area (Å²) >= 11 is 0. The molecule has 0 aliphatic heterocycles. The number of nitrogens with zero attached hydrogens (tertiary/aromatic N) is 1. The molecule has 0 aromatic heterocycles. The van der Waals surface area contributed by atoms with Crippen molar-refractivity contribution < 1.29 is 37.3 Å². The van der Waals surface area contributed by atoms with Crippen LogP contribution in [0.4, 0.5) is 0 Å². The third-order valence-corrected chi connectivity index (χ3v) is 14.1. The lowest BCUT2D eigenvalue weighted by atomic mass is 10.1. The van der Waals surface area contributed by atoms with Crippen LogP contribution in [0, 0.1) is 0 Å². The van der Waals surface area contributed by atoms with Crippen LogP contribution in [0.5, 0.6) is 0 Å². The van der Waals surface area contributed by atoms with Crippen molar-refractivity contribution in [1.82, 2.24) is 5.32 Å². The van der Waals surface area contributed by atoms with Gasteiger partial charge in [0.25, 0.3) is 0 Å². The number of carbonyl (C=O) groups is 2. The minimum Gasteiger partial charge on any atom is -0.456 e. The van der Waals surface area contributed by atoms with Gasteiger partial charge in [0, 0.05) is 12.8 Å². The Morgan fingerprint density at radius 2 is 0.833 bits per heavy atom. The predicted molar refractivity (Wildman–Crippen MR) is 336 cm³/mol. The van der Waals surface area contributed by atoms with Gasteiger partial charge in [-0.25, -0.2) is 4.57 Å². The first-order valence-electron chi connectivity index (χ1n) is 31.4. The monoisotopic (exact) mass is 1110 g/mol. The second-order valence-electron chi connectivity index (χ2n) is 21.8. The van der Waals surface area contributed by atoms with Gasteiger partial charge in [0.1, 0.15) is 19.3 Å². The number of hydrogen-bond acceptors (Lipinski definition) is 6. The molecule has 0 heterocycles. The van der Waals surface area contributed by atoms with Gasteiger partial charge in [-0.3, -0.25) is 18.6 Å². The van der Waals surface area contributed by atoms with Gasteiger partial charge in [-0.2, -0.15) is 0 Å². The molecule has 10 heteroatoms. The van der Waals surface area contributed by atoms with Crippen molar-refractivity contribution in [2.75, 3.05) is 40.9 Å². The number of likely N-dealkylation sites (N-methyl/N-ethyl adjacent to an activating group) is 1. The zero-order valence-corrected chi connectivity index (χ0v) is 51.8. The van der Waals surface area contributed by atoms with Crippen LogP contribution in [0.3, 0.4) is 0 Å². The van der Waals surface area contributed by atoms with E-state index in [1.54, 1.807) is 0 Å². The van der Waals surface area contributed by atoms with Gasteiger partial charge in [0.2, 0.25) is 5.91 Å². The second kappa shape index (κ2) is 56.7. The van der Waals surface area contributed by atoms with Gasteiger partial charge in [0.15, 0.2) is 0 Å². The van der Waals surface area contributed by atoms with Crippen molar-refractivity contribution in [2.45, 2.75) is 258 Å². The zero-order valence-electron chi connectivity index (χ0n) is 50.9. The van der Waals surface area contributed by atoms with Gasteiger partial charge < -0.3 is 19.4 Å². The Hall–Kier alpha value is -3.59. The predicted octanol–water partition coefficient (Wildman–Crippen LogP) is 19.5. The molecule has 0 aliphatic rings. The summed E-state index contributed by atoms with van der Waals surface area (Å²) < 4.78 is 30.6. The van der Waals surface area contributed by atoms with Gasteiger partial charge >= 0.3 is 13.8 Å². The number of quaternary nitrogens is 1. The minimum atomic E-state index is -4.47. The highest BCUT2D eigenvalue weighted by atomic mass is 31.2. The molecule has 0 saturated heterocycles. The molecule has 0 radical (unpaired) electrons. The van der Waals surface area contributed by atoms with E-state index in [-0.39, 0.29) is 37.9 Å². The number of ether oxygens (including phenoxy) is 1. The fourth-order valence-corrected chi connectivity index (χ4v) is 9.05. The van der Waals surface area contributed by atoms with Crippen molar-refractivity contribution in [2.24, 2.45) is 0 Å². The highest BCUT2D eigenvalue weighted by Gasteiger charge is 2.30. The van der Waals surface area contributed by atoms with Gasteiger partial charge in [-0.05, 0) is 115 Å². The lowest BCUT2D eigenvalue weighted by Crippen LogP contribution is -2.47. The van der Waals surface area contributed by atoms with Crippen LogP contribution in [0.25, 0.3) is 0 Å². The average molecular weight is 1110 g/mol. The molecule has 0 saturated carbocycles. The third kappa shape index (κ3) is 57.1. The highest BCUT2D eigenvalue weighted by Crippen LogP contribution is 2.43. The van der Waals surface area contributed by atoms with E-state index in [0.717, 1.165) is 103 Å². The van der Waals surface area contributed by atoms with E-state index in [0.29, 0.717) is 23.9 Å². The molecule has 2 N–H and O–H groups in total. The fraction of sp³-hybridized carbons (Fsp3) is 0.676. The summed E-state index contributed by atoms with van der Waals surface area (Å²) in [6, 6.07) is -0.890. The van der Waals surface area contributed by atoms with Crippen LogP contribution in [-0.4, -0.2) is 74.3 Å². The van der Waals surface area contributed by atoms with Crippen molar-refractivity contribution >= 4 is 19.7 Å². The lowest BCUT2D eigenvalue weighted by molar-refractivity contribution is -0.870. The van der Waals surface area contributed by atoms with E-state index in [4.69, 9.17) is 13.8 Å². The first-order chi connectivity index (χ1) is 37.9. The number of hydrogen-bond donors (Lipinski definition) is 2. The second-order valence-corrected chi connectivity index (χ2v) is 23.3.